The highest BCUT2D eigenvalue weighted by molar-refractivity contribution is 5.56. The molecule has 0 spiro atoms. The predicted molar refractivity (Wildman–Crippen MR) is 118 cm³/mol. The molecular formula is C24H26N4O2. The van der Waals surface area contributed by atoms with Crippen LogP contribution in [-0.2, 0) is 18.5 Å². The molecule has 2 aromatic carbocycles. The Balaban J connectivity index is 1.66. The van der Waals surface area contributed by atoms with Crippen molar-refractivity contribution in [3.63, 3.8) is 0 Å². The fourth-order valence-electron chi connectivity index (χ4n) is 3.89. The summed E-state index contributed by atoms with van der Waals surface area (Å²) in [7, 11) is 3.35. The van der Waals surface area contributed by atoms with E-state index in [9.17, 15) is 0 Å². The second-order valence-corrected chi connectivity index (χ2v) is 7.44. The van der Waals surface area contributed by atoms with E-state index in [2.05, 4.69) is 45.6 Å². The number of methoxy groups -OCH3 is 2. The Morgan fingerprint density at radius 1 is 0.967 bits per heavy atom. The molecule has 0 fully saturated rings. The summed E-state index contributed by atoms with van der Waals surface area (Å²) in [6.07, 6.45) is 7.65. The van der Waals surface area contributed by atoms with E-state index in [1.807, 2.05) is 36.5 Å². The average molecular weight is 402 g/mol. The Kier molecular flexibility index (Phi) is 5.68. The van der Waals surface area contributed by atoms with Gasteiger partial charge in [-0.15, -0.1) is 0 Å². The van der Waals surface area contributed by atoms with Crippen LogP contribution < -0.4 is 20.5 Å². The molecule has 6 heteroatoms. The molecule has 0 radical (unpaired) electrons. The molecule has 154 valence electrons. The summed E-state index contributed by atoms with van der Waals surface area (Å²) < 4.78 is 10.6. The average Bonchev–Trinajstić information content (AvgIpc) is 2.78. The summed E-state index contributed by atoms with van der Waals surface area (Å²) in [6, 6.07) is 16.3. The zero-order valence-corrected chi connectivity index (χ0v) is 17.3. The third-order valence-corrected chi connectivity index (χ3v) is 5.55. The Labute approximate surface area is 176 Å². The largest absolute Gasteiger partial charge is 0.497 e. The van der Waals surface area contributed by atoms with Gasteiger partial charge < -0.3 is 20.5 Å². The van der Waals surface area contributed by atoms with Crippen molar-refractivity contribution in [2.75, 3.05) is 20.0 Å². The van der Waals surface area contributed by atoms with Crippen LogP contribution in [0.25, 0.3) is 6.08 Å². The summed E-state index contributed by atoms with van der Waals surface area (Å²) in [5, 5.41) is 3.80. The summed E-state index contributed by atoms with van der Waals surface area (Å²) in [6.45, 7) is 0.706. The number of hydrogen-bond donors (Lipinski definition) is 2. The van der Waals surface area contributed by atoms with Crippen LogP contribution in [0.3, 0.4) is 0 Å². The number of hydrogen-bond acceptors (Lipinski definition) is 6. The van der Waals surface area contributed by atoms with E-state index in [1.54, 1.807) is 14.2 Å². The predicted octanol–water partition coefficient (Wildman–Crippen LogP) is 3.72. The molecule has 1 atom stereocenters. The molecule has 0 aliphatic heterocycles. The van der Waals surface area contributed by atoms with Crippen LogP contribution in [0.5, 0.6) is 11.5 Å². The zero-order valence-electron chi connectivity index (χ0n) is 17.3. The lowest BCUT2D eigenvalue weighted by Gasteiger charge is -2.37. The minimum Gasteiger partial charge on any atom is -0.497 e. The number of aromatic nitrogens is 2. The summed E-state index contributed by atoms with van der Waals surface area (Å²) in [4.78, 5) is 8.75. The second kappa shape index (κ2) is 8.55. The molecular weight excluding hydrogens is 376 g/mol. The minimum absolute atomic E-state index is 0.286. The van der Waals surface area contributed by atoms with Gasteiger partial charge in [0, 0.05) is 18.3 Å². The summed E-state index contributed by atoms with van der Waals surface area (Å²) in [5.41, 5.74) is 9.81. The first kappa shape index (κ1) is 19.9. The highest BCUT2D eigenvalue weighted by Gasteiger charge is 2.36. The van der Waals surface area contributed by atoms with Gasteiger partial charge >= 0.3 is 0 Å². The van der Waals surface area contributed by atoms with Crippen LogP contribution in [0.4, 0.5) is 5.95 Å². The SMILES string of the molecule is COc1ccc(CNC2(Cc3ccc(OC)cc3)CC=Cc3nc(N)ncc32)cc1. The first-order valence-corrected chi connectivity index (χ1v) is 9.92. The Morgan fingerprint density at radius 3 is 2.23 bits per heavy atom. The Morgan fingerprint density at radius 2 is 1.60 bits per heavy atom. The lowest BCUT2D eigenvalue weighted by molar-refractivity contribution is 0.324. The quantitative estimate of drug-likeness (QED) is 0.627. The number of nitrogens with zero attached hydrogens (tertiary/aromatic N) is 2. The number of nitrogens with two attached hydrogens (primary N) is 1. The van der Waals surface area contributed by atoms with Crippen LogP contribution >= 0.6 is 0 Å². The molecule has 0 saturated carbocycles. The number of fused-ring (bicyclic) bond motifs is 1. The van der Waals surface area contributed by atoms with Crippen molar-refractivity contribution >= 4 is 12.0 Å². The van der Waals surface area contributed by atoms with Crippen LogP contribution in [0.2, 0.25) is 0 Å². The van der Waals surface area contributed by atoms with Crippen LogP contribution in [0, 0.1) is 0 Å². The summed E-state index contributed by atoms with van der Waals surface area (Å²) in [5.74, 6) is 1.98. The van der Waals surface area contributed by atoms with E-state index >= 15 is 0 Å². The van der Waals surface area contributed by atoms with Crippen molar-refractivity contribution in [1.29, 1.82) is 0 Å². The first-order valence-electron chi connectivity index (χ1n) is 9.92. The molecule has 1 aliphatic carbocycles. The van der Waals surface area contributed by atoms with Crippen LogP contribution in [0.1, 0.15) is 28.8 Å². The van der Waals surface area contributed by atoms with Crippen molar-refractivity contribution in [2.24, 2.45) is 0 Å². The fourth-order valence-corrected chi connectivity index (χ4v) is 3.89. The molecule has 0 saturated heterocycles. The Hall–Kier alpha value is -3.38. The van der Waals surface area contributed by atoms with Crippen LogP contribution in [-0.4, -0.2) is 24.2 Å². The molecule has 1 aromatic heterocycles. The summed E-state index contributed by atoms with van der Waals surface area (Å²) >= 11 is 0. The second-order valence-electron chi connectivity index (χ2n) is 7.44. The van der Waals surface area contributed by atoms with Crippen molar-refractivity contribution in [1.82, 2.24) is 15.3 Å². The fraction of sp³-hybridized carbons (Fsp3) is 0.250. The van der Waals surface area contributed by atoms with Gasteiger partial charge in [-0.1, -0.05) is 30.3 Å². The third-order valence-electron chi connectivity index (χ3n) is 5.55. The number of nitrogen functional groups attached to an aromatic ring is 1. The van der Waals surface area contributed by atoms with Gasteiger partial charge in [-0.25, -0.2) is 9.97 Å². The van der Waals surface area contributed by atoms with Crippen molar-refractivity contribution in [3.8, 4) is 11.5 Å². The highest BCUT2D eigenvalue weighted by Crippen LogP contribution is 2.36. The van der Waals surface area contributed by atoms with Crippen LogP contribution in [0.15, 0.2) is 60.8 Å². The van der Waals surface area contributed by atoms with Gasteiger partial charge in [-0.2, -0.15) is 0 Å². The normalized spacial score (nSPS) is 17.4. The zero-order chi connectivity index (χ0) is 21.0. The molecule has 0 bridgehead atoms. The van der Waals surface area contributed by atoms with E-state index in [0.29, 0.717) is 6.54 Å². The van der Waals surface area contributed by atoms with Gasteiger partial charge in [0.1, 0.15) is 11.5 Å². The molecule has 3 N–H and O–H groups in total. The smallest absolute Gasteiger partial charge is 0.220 e. The van der Waals surface area contributed by atoms with Crippen molar-refractivity contribution in [2.45, 2.75) is 24.9 Å². The topological polar surface area (TPSA) is 82.3 Å². The maximum absolute atomic E-state index is 5.85. The monoisotopic (exact) mass is 402 g/mol. The lowest BCUT2D eigenvalue weighted by Crippen LogP contribution is -2.45. The molecule has 3 aromatic rings. The maximum atomic E-state index is 5.85. The maximum Gasteiger partial charge on any atom is 0.220 e. The van der Waals surface area contributed by atoms with E-state index in [4.69, 9.17) is 15.2 Å². The third kappa shape index (κ3) is 4.14. The molecule has 0 amide bonds. The number of ether oxygens (including phenoxy) is 2. The first-order chi connectivity index (χ1) is 14.6. The van der Waals surface area contributed by atoms with Gasteiger partial charge in [-0.3, -0.25) is 0 Å². The van der Waals surface area contributed by atoms with E-state index in [-0.39, 0.29) is 11.5 Å². The lowest BCUT2D eigenvalue weighted by atomic mass is 9.78. The van der Waals surface area contributed by atoms with Gasteiger partial charge in [-0.05, 0) is 54.3 Å². The molecule has 1 unspecified atom stereocenters. The minimum atomic E-state index is -0.341. The van der Waals surface area contributed by atoms with Gasteiger partial charge in [0.2, 0.25) is 5.95 Å². The highest BCUT2D eigenvalue weighted by atomic mass is 16.5. The number of rotatable bonds is 7. The molecule has 4 rings (SSSR count). The molecule has 30 heavy (non-hydrogen) atoms. The number of nitrogens with one attached hydrogen (secondary N) is 1. The number of anilines is 1. The molecule has 1 aliphatic rings. The van der Waals surface area contributed by atoms with Crippen molar-refractivity contribution < 1.29 is 9.47 Å². The van der Waals surface area contributed by atoms with Gasteiger partial charge in [0.05, 0.1) is 25.5 Å². The van der Waals surface area contributed by atoms with Gasteiger partial charge in [0.25, 0.3) is 0 Å². The van der Waals surface area contributed by atoms with E-state index < -0.39 is 0 Å². The molecule has 1 heterocycles. The number of benzene rings is 2. The molecule has 6 nitrogen and oxygen atoms in total. The van der Waals surface area contributed by atoms with E-state index in [0.717, 1.165) is 35.6 Å². The standard InChI is InChI=1S/C24H26N4O2/c1-29-19-9-5-17(6-10-19)14-24(27-15-18-7-11-20(30-2)12-8-18)13-3-4-22-21(24)16-26-23(25)28-22/h3-12,16,27H,13-15H2,1-2H3,(H2,25,26,28). The van der Waals surface area contributed by atoms with E-state index in [1.165, 1.54) is 11.1 Å². The van der Waals surface area contributed by atoms with Crippen molar-refractivity contribution in [3.05, 3.63) is 83.2 Å². The van der Waals surface area contributed by atoms with Gasteiger partial charge in [0.15, 0.2) is 0 Å². The Bertz CT molecular complexity index is 1030.